The molecule has 4 heteroatoms. The first kappa shape index (κ1) is 15.6. The zero-order valence-electron chi connectivity index (χ0n) is 12.4. The molecule has 0 aliphatic carbocycles. The van der Waals surface area contributed by atoms with Gasteiger partial charge < -0.3 is 10.2 Å². The van der Waals surface area contributed by atoms with Crippen LogP contribution in [0, 0.1) is 0 Å². The van der Waals surface area contributed by atoms with Gasteiger partial charge in [0.25, 0.3) is 5.91 Å². The highest BCUT2D eigenvalue weighted by atomic mass is 79.9. The van der Waals surface area contributed by atoms with Crippen molar-refractivity contribution in [2.24, 2.45) is 0 Å². The number of para-hydroxylation sites is 1. The van der Waals surface area contributed by atoms with Crippen LogP contribution in [0.3, 0.4) is 0 Å². The zero-order chi connectivity index (χ0) is 15.4. The molecule has 0 aliphatic rings. The summed E-state index contributed by atoms with van der Waals surface area (Å²) in [6.07, 6.45) is 0. The van der Waals surface area contributed by atoms with Crippen molar-refractivity contribution in [1.82, 2.24) is 0 Å². The Bertz CT molecular complexity index is 621. The zero-order valence-corrected chi connectivity index (χ0v) is 14.0. The first-order valence-electron chi connectivity index (χ1n) is 6.81. The SMILES string of the molecule is CC(Br)c1ccccc1NC(=O)c1ccc(N(C)C)cc1. The van der Waals surface area contributed by atoms with Crippen molar-refractivity contribution >= 4 is 33.2 Å². The average Bonchev–Trinajstić information content (AvgIpc) is 2.47. The Morgan fingerprint density at radius 3 is 2.29 bits per heavy atom. The van der Waals surface area contributed by atoms with Gasteiger partial charge in [-0.25, -0.2) is 0 Å². The first-order valence-corrected chi connectivity index (χ1v) is 7.72. The summed E-state index contributed by atoms with van der Waals surface area (Å²) in [5, 5.41) is 2.97. The molecule has 3 nitrogen and oxygen atoms in total. The number of benzene rings is 2. The second kappa shape index (κ2) is 6.76. The van der Waals surface area contributed by atoms with E-state index in [1.807, 2.05) is 74.4 Å². The molecule has 1 amide bonds. The van der Waals surface area contributed by atoms with E-state index in [1.165, 1.54) is 0 Å². The van der Waals surface area contributed by atoms with E-state index in [0.717, 1.165) is 16.9 Å². The predicted octanol–water partition coefficient (Wildman–Crippen LogP) is 4.46. The smallest absolute Gasteiger partial charge is 0.255 e. The molecule has 110 valence electrons. The Kier molecular flexibility index (Phi) is 5.02. The molecule has 2 rings (SSSR count). The predicted molar refractivity (Wildman–Crippen MR) is 92.5 cm³/mol. The van der Waals surface area contributed by atoms with Gasteiger partial charge in [0.1, 0.15) is 0 Å². The molecular formula is C17H19BrN2O. The number of nitrogens with one attached hydrogen (secondary N) is 1. The average molecular weight is 347 g/mol. The van der Waals surface area contributed by atoms with Crippen LogP contribution in [0.4, 0.5) is 11.4 Å². The van der Waals surface area contributed by atoms with E-state index in [-0.39, 0.29) is 10.7 Å². The van der Waals surface area contributed by atoms with E-state index in [4.69, 9.17) is 0 Å². The van der Waals surface area contributed by atoms with Crippen molar-refractivity contribution in [3.05, 3.63) is 59.7 Å². The highest BCUT2D eigenvalue weighted by Gasteiger charge is 2.11. The van der Waals surface area contributed by atoms with E-state index in [2.05, 4.69) is 21.2 Å². The number of carbonyl (C=O) groups excluding carboxylic acids is 1. The van der Waals surface area contributed by atoms with Crippen molar-refractivity contribution in [3.63, 3.8) is 0 Å². The number of nitrogens with zero attached hydrogens (tertiary/aromatic N) is 1. The number of rotatable bonds is 4. The highest BCUT2D eigenvalue weighted by Crippen LogP contribution is 2.29. The van der Waals surface area contributed by atoms with E-state index in [1.54, 1.807) is 0 Å². The fraction of sp³-hybridized carbons (Fsp3) is 0.235. The van der Waals surface area contributed by atoms with Crippen molar-refractivity contribution < 1.29 is 4.79 Å². The molecule has 1 atom stereocenters. The molecule has 21 heavy (non-hydrogen) atoms. The van der Waals surface area contributed by atoms with Gasteiger partial charge in [-0.3, -0.25) is 4.79 Å². The summed E-state index contributed by atoms with van der Waals surface area (Å²) in [7, 11) is 3.95. The van der Waals surface area contributed by atoms with E-state index in [9.17, 15) is 4.79 Å². The standard InChI is InChI=1S/C17H19BrN2O/c1-12(18)15-6-4-5-7-16(15)19-17(21)13-8-10-14(11-9-13)20(2)3/h4-12H,1-3H3,(H,19,21). The van der Waals surface area contributed by atoms with Gasteiger partial charge in [0, 0.05) is 35.9 Å². The highest BCUT2D eigenvalue weighted by molar-refractivity contribution is 9.09. The largest absolute Gasteiger partial charge is 0.378 e. The van der Waals surface area contributed by atoms with Crippen LogP contribution in [0.5, 0.6) is 0 Å². The van der Waals surface area contributed by atoms with Crippen LogP contribution in [0.2, 0.25) is 0 Å². The molecule has 0 spiro atoms. The number of halogens is 1. The van der Waals surface area contributed by atoms with E-state index >= 15 is 0 Å². The Balaban J connectivity index is 2.18. The molecule has 0 saturated carbocycles. The minimum Gasteiger partial charge on any atom is -0.378 e. The number of amides is 1. The maximum absolute atomic E-state index is 12.3. The lowest BCUT2D eigenvalue weighted by atomic mass is 10.1. The summed E-state index contributed by atoms with van der Waals surface area (Å²) < 4.78 is 0. The number of alkyl halides is 1. The number of hydrogen-bond acceptors (Lipinski definition) is 2. The molecule has 0 saturated heterocycles. The molecule has 1 N–H and O–H groups in total. The van der Waals surface area contributed by atoms with Gasteiger partial charge in [0.2, 0.25) is 0 Å². The molecule has 0 radical (unpaired) electrons. The fourth-order valence-corrected chi connectivity index (χ4v) is 2.46. The van der Waals surface area contributed by atoms with Crippen molar-refractivity contribution in [1.29, 1.82) is 0 Å². The van der Waals surface area contributed by atoms with Crippen LogP contribution in [0.15, 0.2) is 48.5 Å². The topological polar surface area (TPSA) is 32.3 Å². The van der Waals surface area contributed by atoms with Gasteiger partial charge in [0.05, 0.1) is 0 Å². The number of anilines is 2. The summed E-state index contributed by atoms with van der Waals surface area (Å²) >= 11 is 3.55. The van der Waals surface area contributed by atoms with Crippen LogP contribution in [0.25, 0.3) is 0 Å². The van der Waals surface area contributed by atoms with Crippen LogP contribution in [-0.2, 0) is 0 Å². The molecule has 2 aromatic carbocycles. The van der Waals surface area contributed by atoms with Gasteiger partial charge in [-0.2, -0.15) is 0 Å². The summed E-state index contributed by atoms with van der Waals surface area (Å²) in [6, 6.07) is 15.4. The van der Waals surface area contributed by atoms with Gasteiger partial charge in [0.15, 0.2) is 0 Å². The Morgan fingerprint density at radius 2 is 1.71 bits per heavy atom. The second-order valence-corrected chi connectivity index (χ2v) is 6.47. The number of carbonyl (C=O) groups is 1. The van der Waals surface area contributed by atoms with Gasteiger partial charge >= 0.3 is 0 Å². The third-order valence-corrected chi connectivity index (χ3v) is 3.78. The van der Waals surface area contributed by atoms with Gasteiger partial charge in [-0.05, 0) is 42.8 Å². The normalized spacial score (nSPS) is 11.8. The summed E-state index contributed by atoms with van der Waals surface area (Å²) in [5.74, 6) is -0.0964. The molecule has 0 heterocycles. The number of hydrogen-bond donors (Lipinski definition) is 1. The van der Waals surface area contributed by atoms with Crippen molar-refractivity contribution in [2.75, 3.05) is 24.3 Å². The Hall–Kier alpha value is -1.81. The molecule has 0 aromatic heterocycles. The Morgan fingerprint density at radius 1 is 1.10 bits per heavy atom. The van der Waals surface area contributed by atoms with Crippen LogP contribution >= 0.6 is 15.9 Å². The van der Waals surface area contributed by atoms with Crippen LogP contribution < -0.4 is 10.2 Å². The van der Waals surface area contributed by atoms with Gasteiger partial charge in [-0.1, -0.05) is 34.1 Å². The van der Waals surface area contributed by atoms with E-state index < -0.39 is 0 Å². The summed E-state index contributed by atoms with van der Waals surface area (Å²) in [5.41, 5.74) is 3.62. The maximum atomic E-state index is 12.3. The molecular weight excluding hydrogens is 328 g/mol. The first-order chi connectivity index (χ1) is 9.99. The van der Waals surface area contributed by atoms with Crippen molar-refractivity contribution in [2.45, 2.75) is 11.8 Å². The van der Waals surface area contributed by atoms with Crippen molar-refractivity contribution in [3.8, 4) is 0 Å². The molecule has 1 unspecified atom stereocenters. The van der Waals surface area contributed by atoms with E-state index in [0.29, 0.717) is 5.56 Å². The Labute approximate surface area is 134 Å². The van der Waals surface area contributed by atoms with Gasteiger partial charge in [-0.15, -0.1) is 0 Å². The maximum Gasteiger partial charge on any atom is 0.255 e. The lowest BCUT2D eigenvalue weighted by Crippen LogP contribution is -2.14. The fourth-order valence-electron chi connectivity index (χ4n) is 2.06. The monoisotopic (exact) mass is 346 g/mol. The third-order valence-electron chi connectivity index (χ3n) is 3.28. The molecule has 2 aromatic rings. The quantitative estimate of drug-likeness (QED) is 0.828. The summed E-state index contributed by atoms with van der Waals surface area (Å²) in [4.78, 5) is 14.5. The molecule has 0 aliphatic heterocycles. The minimum absolute atomic E-state index is 0.0964. The van der Waals surface area contributed by atoms with Crippen LogP contribution in [0.1, 0.15) is 27.7 Å². The van der Waals surface area contributed by atoms with Crippen LogP contribution in [-0.4, -0.2) is 20.0 Å². The molecule has 0 bridgehead atoms. The second-order valence-electron chi connectivity index (χ2n) is 5.10. The summed E-state index contributed by atoms with van der Waals surface area (Å²) in [6.45, 7) is 2.04. The third kappa shape index (κ3) is 3.85. The minimum atomic E-state index is -0.0964. The lowest BCUT2D eigenvalue weighted by molar-refractivity contribution is 0.102. The molecule has 0 fully saturated rings. The lowest BCUT2D eigenvalue weighted by Gasteiger charge is -2.14.